The molecule has 15 heavy (non-hydrogen) atoms. The number of nitrogens with one attached hydrogen (secondary N) is 1. The summed E-state index contributed by atoms with van der Waals surface area (Å²) < 4.78 is 0. The molecule has 2 N–H and O–H groups in total. The molecule has 0 aromatic heterocycles. The molecule has 1 atom stereocenters. The maximum atomic E-state index is 11.0. The number of aliphatic carboxylic acids is 1. The number of benzene rings is 1. The Hall–Kier alpha value is -1.35. The Labute approximate surface area is 89.1 Å². The Morgan fingerprint density at radius 1 is 1.33 bits per heavy atom. The van der Waals surface area contributed by atoms with Crippen LogP contribution in [0.15, 0.2) is 24.3 Å². The lowest BCUT2D eigenvalue weighted by Gasteiger charge is -2.20. The molecule has 0 bridgehead atoms. The summed E-state index contributed by atoms with van der Waals surface area (Å²) >= 11 is 0. The van der Waals surface area contributed by atoms with Crippen LogP contribution in [0.3, 0.4) is 0 Å². The molecule has 0 aliphatic carbocycles. The quantitative estimate of drug-likeness (QED) is 0.724. The Morgan fingerprint density at radius 2 is 2.07 bits per heavy atom. The third kappa shape index (κ3) is 2.36. The molecule has 2 rings (SSSR count). The summed E-state index contributed by atoms with van der Waals surface area (Å²) in [4.78, 5) is 11.0. The van der Waals surface area contributed by atoms with Gasteiger partial charge >= 0.3 is 5.97 Å². The number of carboxylic acids is 1. The zero-order valence-corrected chi connectivity index (χ0v) is 8.57. The summed E-state index contributed by atoms with van der Waals surface area (Å²) in [5, 5.41) is 12.1. The first kappa shape index (κ1) is 10.2. The fourth-order valence-corrected chi connectivity index (χ4v) is 2.02. The number of rotatable bonds is 1. The molecule has 3 heteroatoms. The van der Waals surface area contributed by atoms with Gasteiger partial charge < -0.3 is 10.4 Å². The normalized spacial score (nSPS) is 21.2. The SMILES string of the molecule is O=C(O)C1Cc2ccccc2CCCN1. The molecule has 80 valence electrons. The number of carbonyl (C=O) groups is 1. The van der Waals surface area contributed by atoms with E-state index in [0.29, 0.717) is 6.42 Å². The second kappa shape index (κ2) is 4.45. The molecule has 1 heterocycles. The molecule has 1 aromatic rings. The van der Waals surface area contributed by atoms with Crippen LogP contribution in [0.1, 0.15) is 17.5 Å². The monoisotopic (exact) mass is 205 g/mol. The Morgan fingerprint density at radius 3 is 2.80 bits per heavy atom. The van der Waals surface area contributed by atoms with Gasteiger partial charge in [0, 0.05) is 0 Å². The third-order valence-corrected chi connectivity index (χ3v) is 2.85. The molecule has 1 aliphatic heterocycles. The molecular weight excluding hydrogens is 190 g/mol. The van der Waals surface area contributed by atoms with E-state index in [-0.39, 0.29) is 0 Å². The van der Waals surface area contributed by atoms with E-state index in [4.69, 9.17) is 5.11 Å². The van der Waals surface area contributed by atoms with Crippen molar-refractivity contribution in [1.29, 1.82) is 0 Å². The highest BCUT2D eigenvalue weighted by Crippen LogP contribution is 2.15. The molecule has 0 spiro atoms. The Bertz CT molecular complexity index is 362. The summed E-state index contributed by atoms with van der Waals surface area (Å²) in [5.41, 5.74) is 2.46. The largest absolute Gasteiger partial charge is 0.480 e. The van der Waals surface area contributed by atoms with E-state index >= 15 is 0 Å². The van der Waals surface area contributed by atoms with Crippen LogP contribution in [0.2, 0.25) is 0 Å². The lowest BCUT2D eigenvalue weighted by molar-refractivity contribution is -0.139. The second-order valence-electron chi connectivity index (χ2n) is 3.92. The maximum absolute atomic E-state index is 11.0. The van der Waals surface area contributed by atoms with Crippen LogP contribution >= 0.6 is 0 Å². The fraction of sp³-hybridized carbons (Fsp3) is 0.417. The van der Waals surface area contributed by atoms with Gasteiger partial charge in [-0.25, -0.2) is 0 Å². The van der Waals surface area contributed by atoms with Crippen molar-refractivity contribution in [2.45, 2.75) is 25.3 Å². The highest BCUT2D eigenvalue weighted by atomic mass is 16.4. The highest BCUT2D eigenvalue weighted by molar-refractivity contribution is 5.74. The number of carboxylic acid groups (broad SMARTS) is 1. The topological polar surface area (TPSA) is 49.3 Å². The van der Waals surface area contributed by atoms with Gasteiger partial charge in [-0.1, -0.05) is 24.3 Å². The molecule has 0 radical (unpaired) electrons. The molecule has 0 saturated heterocycles. The van der Waals surface area contributed by atoms with Crippen LogP contribution in [-0.4, -0.2) is 23.7 Å². The molecule has 1 aliphatic rings. The average molecular weight is 205 g/mol. The van der Waals surface area contributed by atoms with Crippen molar-refractivity contribution < 1.29 is 9.90 Å². The van der Waals surface area contributed by atoms with Gasteiger partial charge in [0.15, 0.2) is 0 Å². The van der Waals surface area contributed by atoms with E-state index in [9.17, 15) is 4.79 Å². The molecule has 0 amide bonds. The Kier molecular flexibility index (Phi) is 3.02. The molecule has 3 nitrogen and oxygen atoms in total. The van der Waals surface area contributed by atoms with Crippen molar-refractivity contribution in [1.82, 2.24) is 5.32 Å². The summed E-state index contributed by atoms with van der Waals surface area (Å²) in [6.45, 7) is 0.783. The number of aryl methyl sites for hydroxylation is 1. The van der Waals surface area contributed by atoms with E-state index in [1.165, 1.54) is 5.56 Å². The van der Waals surface area contributed by atoms with E-state index in [2.05, 4.69) is 11.4 Å². The van der Waals surface area contributed by atoms with E-state index < -0.39 is 12.0 Å². The smallest absolute Gasteiger partial charge is 0.321 e. The van der Waals surface area contributed by atoms with E-state index in [1.807, 2.05) is 18.2 Å². The average Bonchev–Trinajstić information content (AvgIpc) is 2.18. The molecule has 0 fully saturated rings. The minimum atomic E-state index is -0.758. The summed E-state index contributed by atoms with van der Waals surface area (Å²) in [6, 6.07) is 7.67. The Balaban J connectivity index is 2.25. The van der Waals surface area contributed by atoms with Gasteiger partial charge in [0.1, 0.15) is 6.04 Å². The van der Waals surface area contributed by atoms with Gasteiger partial charge in [-0.2, -0.15) is 0 Å². The minimum Gasteiger partial charge on any atom is -0.480 e. The fourth-order valence-electron chi connectivity index (χ4n) is 2.02. The zero-order valence-electron chi connectivity index (χ0n) is 8.57. The first-order valence-corrected chi connectivity index (χ1v) is 5.30. The van der Waals surface area contributed by atoms with Crippen molar-refractivity contribution in [3.05, 3.63) is 35.4 Å². The number of hydrogen-bond acceptors (Lipinski definition) is 2. The predicted octanol–water partition coefficient (Wildman–Crippen LogP) is 1.22. The maximum Gasteiger partial charge on any atom is 0.321 e. The second-order valence-corrected chi connectivity index (χ2v) is 3.92. The molecule has 1 aromatic carbocycles. The van der Waals surface area contributed by atoms with Gasteiger partial charge in [0.2, 0.25) is 0 Å². The first-order valence-electron chi connectivity index (χ1n) is 5.30. The lowest BCUT2D eigenvalue weighted by atomic mass is 9.95. The van der Waals surface area contributed by atoms with Gasteiger partial charge in [0.25, 0.3) is 0 Å². The van der Waals surface area contributed by atoms with E-state index in [1.54, 1.807) is 0 Å². The highest BCUT2D eigenvalue weighted by Gasteiger charge is 2.20. The number of fused-ring (bicyclic) bond motifs is 1. The van der Waals surface area contributed by atoms with Gasteiger partial charge in [0.05, 0.1) is 0 Å². The van der Waals surface area contributed by atoms with Crippen molar-refractivity contribution in [3.8, 4) is 0 Å². The molecule has 0 saturated carbocycles. The molecular formula is C12H15NO2. The van der Waals surface area contributed by atoms with Crippen molar-refractivity contribution in [2.24, 2.45) is 0 Å². The van der Waals surface area contributed by atoms with Gasteiger partial charge in [-0.3, -0.25) is 4.79 Å². The third-order valence-electron chi connectivity index (χ3n) is 2.85. The van der Waals surface area contributed by atoms with Crippen LogP contribution in [-0.2, 0) is 17.6 Å². The van der Waals surface area contributed by atoms with E-state index in [0.717, 1.165) is 24.9 Å². The summed E-state index contributed by atoms with van der Waals surface area (Å²) in [6.07, 6.45) is 2.63. The minimum absolute atomic E-state index is 0.438. The lowest BCUT2D eigenvalue weighted by Crippen LogP contribution is -2.40. The van der Waals surface area contributed by atoms with Crippen LogP contribution in [0, 0.1) is 0 Å². The van der Waals surface area contributed by atoms with Crippen molar-refractivity contribution in [3.63, 3.8) is 0 Å². The number of hydrogen-bond donors (Lipinski definition) is 2. The molecule has 1 unspecified atom stereocenters. The zero-order chi connectivity index (χ0) is 10.7. The van der Waals surface area contributed by atoms with Crippen molar-refractivity contribution >= 4 is 5.97 Å². The van der Waals surface area contributed by atoms with Crippen molar-refractivity contribution in [2.75, 3.05) is 6.54 Å². The van der Waals surface area contributed by atoms with Crippen LogP contribution in [0.5, 0.6) is 0 Å². The first-order chi connectivity index (χ1) is 7.27. The van der Waals surface area contributed by atoms with Gasteiger partial charge in [-0.05, 0) is 36.9 Å². The van der Waals surface area contributed by atoms with Crippen LogP contribution in [0.25, 0.3) is 0 Å². The van der Waals surface area contributed by atoms with Crippen LogP contribution in [0.4, 0.5) is 0 Å². The van der Waals surface area contributed by atoms with Gasteiger partial charge in [-0.15, -0.1) is 0 Å². The predicted molar refractivity (Wildman–Crippen MR) is 57.9 cm³/mol. The van der Waals surface area contributed by atoms with Crippen LogP contribution < -0.4 is 5.32 Å². The standard InChI is InChI=1S/C12H15NO2/c14-12(15)11-8-10-5-2-1-4-9(10)6-3-7-13-11/h1-2,4-5,11,13H,3,6-8H2,(H,14,15). The summed E-state index contributed by atoms with van der Waals surface area (Å²) in [7, 11) is 0. The summed E-state index contributed by atoms with van der Waals surface area (Å²) in [5.74, 6) is -0.758.